The number of hydrogen-bond acceptors (Lipinski definition) is 1. The first-order chi connectivity index (χ1) is 16.6. The SMILES string of the molecule is CCCCCC1CCC(CCC=CC2=CCC(c3ccc(OCCCC)c(F)c3F)CC2)CC1. The lowest BCUT2D eigenvalue weighted by Crippen LogP contribution is -2.14. The van der Waals surface area contributed by atoms with E-state index in [0.29, 0.717) is 12.2 Å². The van der Waals surface area contributed by atoms with Crippen molar-refractivity contribution in [3.05, 3.63) is 53.1 Å². The predicted octanol–water partition coefficient (Wildman–Crippen LogP) is 10.1. The molecule has 1 fully saturated rings. The number of ether oxygens (including phenoxy) is 1. The molecule has 1 aromatic carbocycles. The number of unbranched alkanes of at least 4 members (excludes halogenated alkanes) is 3. The number of allylic oxidation sites excluding steroid dienone is 4. The van der Waals surface area contributed by atoms with Gasteiger partial charge in [-0.1, -0.05) is 102 Å². The third-order valence-electron chi connectivity index (χ3n) is 7.97. The van der Waals surface area contributed by atoms with Crippen LogP contribution in [0.15, 0.2) is 35.9 Å². The van der Waals surface area contributed by atoms with E-state index in [9.17, 15) is 8.78 Å². The van der Waals surface area contributed by atoms with Crippen LogP contribution in [0, 0.1) is 23.5 Å². The quantitative estimate of drug-likeness (QED) is 0.259. The largest absolute Gasteiger partial charge is 0.490 e. The molecule has 0 N–H and O–H groups in total. The molecule has 0 amide bonds. The molecule has 2 aliphatic carbocycles. The van der Waals surface area contributed by atoms with E-state index in [1.807, 2.05) is 6.92 Å². The molecular weight excluding hydrogens is 426 g/mol. The Hall–Kier alpha value is -1.64. The second kappa shape index (κ2) is 14.7. The van der Waals surface area contributed by atoms with E-state index >= 15 is 0 Å². The molecule has 190 valence electrons. The fourth-order valence-electron chi connectivity index (χ4n) is 5.65. The number of halogens is 2. The molecule has 0 radical (unpaired) electrons. The number of rotatable bonds is 13. The van der Waals surface area contributed by atoms with Gasteiger partial charge in [-0.2, -0.15) is 4.39 Å². The maximum absolute atomic E-state index is 14.7. The monoisotopic (exact) mass is 472 g/mol. The van der Waals surface area contributed by atoms with Crippen molar-refractivity contribution in [3.8, 4) is 5.75 Å². The predicted molar refractivity (Wildman–Crippen MR) is 139 cm³/mol. The van der Waals surface area contributed by atoms with Crippen molar-refractivity contribution < 1.29 is 13.5 Å². The summed E-state index contributed by atoms with van der Waals surface area (Å²) in [6.07, 6.45) is 25.0. The van der Waals surface area contributed by atoms with Crippen LogP contribution in [0.2, 0.25) is 0 Å². The van der Waals surface area contributed by atoms with Crippen LogP contribution < -0.4 is 4.74 Å². The Morgan fingerprint density at radius 1 is 0.882 bits per heavy atom. The second-order valence-corrected chi connectivity index (χ2v) is 10.6. The first-order valence-electron chi connectivity index (χ1n) is 14.1. The smallest absolute Gasteiger partial charge is 0.200 e. The van der Waals surface area contributed by atoms with Gasteiger partial charge in [-0.05, 0) is 67.9 Å². The average molecular weight is 473 g/mol. The lowest BCUT2D eigenvalue weighted by molar-refractivity contribution is 0.250. The van der Waals surface area contributed by atoms with Gasteiger partial charge in [0.15, 0.2) is 11.6 Å². The Labute approximate surface area is 207 Å². The summed E-state index contributed by atoms with van der Waals surface area (Å²) in [7, 11) is 0. The third-order valence-corrected chi connectivity index (χ3v) is 7.97. The lowest BCUT2D eigenvalue weighted by atomic mass is 9.78. The fraction of sp³-hybridized carbons (Fsp3) is 0.677. The highest BCUT2D eigenvalue weighted by Crippen LogP contribution is 2.37. The van der Waals surface area contributed by atoms with Crippen molar-refractivity contribution >= 4 is 0 Å². The minimum absolute atomic E-state index is 0.0367. The number of benzene rings is 1. The van der Waals surface area contributed by atoms with E-state index in [0.717, 1.165) is 50.4 Å². The molecule has 0 spiro atoms. The van der Waals surface area contributed by atoms with Crippen LogP contribution in [0.3, 0.4) is 0 Å². The van der Waals surface area contributed by atoms with E-state index in [-0.39, 0.29) is 11.7 Å². The molecule has 1 saturated carbocycles. The zero-order chi connectivity index (χ0) is 24.2. The zero-order valence-electron chi connectivity index (χ0n) is 21.6. The van der Waals surface area contributed by atoms with Gasteiger partial charge in [-0.25, -0.2) is 4.39 Å². The molecule has 34 heavy (non-hydrogen) atoms. The van der Waals surface area contributed by atoms with Crippen LogP contribution in [-0.4, -0.2) is 6.61 Å². The summed E-state index contributed by atoms with van der Waals surface area (Å²) in [5.41, 5.74) is 1.83. The van der Waals surface area contributed by atoms with Gasteiger partial charge in [0, 0.05) is 0 Å². The molecule has 0 aliphatic heterocycles. The van der Waals surface area contributed by atoms with Crippen molar-refractivity contribution in [2.75, 3.05) is 6.61 Å². The molecule has 0 heterocycles. The summed E-state index contributed by atoms with van der Waals surface area (Å²) in [4.78, 5) is 0. The van der Waals surface area contributed by atoms with Crippen LogP contribution in [0.1, 0.15) is 122 Å². The highest BCUT2D eigenvalue weighted by atomic mass is 19.2. The van der Waals surface area contributed by atoms with Crippen LogP contribution in [0.25, 0.3) is 0 Å². The Morgan fingerprint density at radius 3 is 2.29 bits per heavy atom. The van der Waals surface area contributed by atoms with Gasteiger partial charge in [0.05, 0.1) is 6.61 Å². The van der Waals surface area contributed by atoms with Crippen LogP contribution in [0.5, 0.6) is 5.75 Å². The van der Waals surface area contributed by atoms with Crippen molar-refractivity contribution in [3.63, 3.8) is 0 Å². The van der Waals surface area contributed by atoms with Gasteiger partial charge in [-0.15, -0.1) is 0 Å². The van der Waals surface area contributed by atoms with Crippen molar-refractivity contribution in [2.24, 2.45) is 11.8 Å². The third kappa shape index (κ3) is 8.24. The van der Waals surface area contributed by atoms with Crippen LogP contribution >= 0.6 is 0 Å². The first-order valence-corrected chi connectivity index (χ1v) is 14.1. The highest BCUT2D eigenvalue weighted by molar-refractivity contribution is 5.35. The molecule has 3 rings (SSSR count). The van der Waals surface area contributed by atoms with Gasteiger partial charge in [0.1, 0.15) is 0 Å². The molecule has 0 bridgehead atoms. The molecule has 2 aliphatic rings. The average Bonchev–Trinajstić information content (AvgIpc) is 2.86. The van der Waals surface area contributed by atoms with Crippen molar-refractivity contribution in [2.45, 2.75) is 116 Å². The van der Waals surface area contributed by atoms with Crippen LogP contribution in [0.4, 0.5) is 8.78 Å². The minimum Gasteiger partial charge on any atom is -0.490 e. The van der Waals surface area contributed by atoms with Gasteiger partial charge >= 0.3 is 0 Å². The molecule has 0 aromatic heterocycles. The Morgan fingerprint density at radius 2 is 1.62 bits per heavy atom. The summed E-state index contributed by atoms with van der Waals surface area (Å²) >= 11 is 0. The van der Waals surface area contributed by atoms with Gasteiger partial charge < -0.3 is 4.74 Å². The van der Waals surface area contributed by atoms with E-state index in [4.69, 9.17) is 4.74 Å². The van der Waals surface area contributed by atoms with Crippen molar-refractivity contribution in [1.82, 2.24) is 0 Å². The second-order valence-electron chi connectivity index (χ2n) is 10.6. The minimum atomic E-state index is -0.835. The normalized spacial score (nSPS) is 23.3. The number of hydrogen-bond donors (Lipinski definition) is 0. The fourth-order valence-corrected chi connectivity index (χ4v) is 5.65. The molecule has 1 aromatic rings. The Balaban J connectivity index is 1.39. The lowest BCUT2D eigenvalue weighted by Gasteiger charge is -2.28. The van der Waals surface area contributed by atoms with Gasteiger partial charge in [-0.3, -0.25) is 0 Å². The standard InChI is InChI=1S/C31H46F2O/c1-3-5-7-10-24-13-15-25(16-14-24)11-8-9-12-26-17-19-27(20-18-26)28-21-22-29(31(33)30(28)32)34-23-6-4-2/h9,12,17,21-22,24-25,27H,3-8,10-11,13-16,18-20,23H2,1-2H3. The van der Waals surface area contributed by atoms with Gasteiger partial charge in [0.25, 0.3) is 0 Å². The summed E-state index contributed by atoms with van der Waals surface area (Å²) < 4.78 is 34.5. The summed E-state index contributed by atoms with van der Waals surface area (Å²) in [5.74, 6) is 0.411. The van der Waals surface area contributed by atoms with E-state index in [2.05, 4.69) is 25.2 Å². The zero-order valence-corrected chi connectivity index (χ0v) is 21.6. The summed E-state index contributed by atoms with van der Waals surface area (Å²) in [6, 6.07) is 3.32. The molecule has 1 unspecified atom stereocenters. The topological polar surface area (TPSA) is 9.23 Å². The Bertz CT molecular complexity index is 789. The molecular formula is C31H46F2O. The maximum atomic E-state index is 14.7. The molecule has 0 saturated heterocycles. The van der Waals surface area contributed by atoms with E-state index < -0.39 is 11.6 Å². The van der Waals surface area contributed by atoms with Crippen molar-refractivity contribution in [1.29, 1.82) is 0 Å². The summed E-state index contributed by atoms with van der Waals surface area (Å²) in [6.45, 7) is 4.76. The molecule has 1 atom stereocenters. The van der Waals surface area contributed by atoms with E-state index in [1.54, 1.807) is 12.1 Å². The molecule has 3 heteroatoms. The summed E-state index contributed by atoms with van der Waals surface area (Å²) in [5, 5.41) is 0. The van der Waals surface area contributed by atoms with Crippen LogP contribution in [-0.2, 0) is 0 Å². The Kier molecular flexibility index (Phi) is 11.6. The highest BCUT2D eigenvalue weighted by Gasteiger charge is 2.23. The molecule has 1 nitrogen and oxygen atoms in total. The van der Waals surface area contributed by atoms with Gasteiger partial charge in [0.2, 0.25) is 5.82 Å². The van der Waals surface area contributed by atoms with E-state index in [1.165, 1.54) is 63.4 Å². The maximum Gasteiger partial charge on any atom is 0.200 e. The first kappa shape index (κ1) is 27.0.